The van der Waals surface area contributed by atoms with Gasteiger partial charge in [-0.2, -0.15) is 0 Å². The summed E-state index contributed by atoms with van der Waals surface area (Å²) < 4.78 is 11.4. The van der Waals surface area contributed by atoms with E-state index in [1.165, 1.54) is 58.4 Å². The molecule has 9 aromatic rings. The van der Waals surface area contributed by atoms with Gasteiger partial charge in [-0.05, 0) is 53.3 Å². The molecular formula is C43H29N3S. The maximum Gasteiger partial charge on any atom is 0.231 e. The van der Waals surface area contributed by atoms with Crippen molar-refractivity contribution in [3.8, 4) is 22.4 Å². The van der Waals surface area contributed by atoms with Crippen molar-refractivity contribution in [1.29, 1.82) is 0 Å². The third-order valence-corrected chi connectivity index (χ3v) is 11.1. The molecule has 0 bridgehead atoms. The van der Waals surface area contributed by atoms with E-state index in [4.69, 9.17) is 11.3 Å². The second-order valence-corrected chi connectivity index (χ2v) is 13.9. The van der Waals surface area contributed by atoms with Crippen molar-refractivity contribution in [3.05, 3.63) is 145 Å². The summed E-state index contributed by atoms with van der Waals surface area (Å²) in [5.41, 5.74) is 6.74. The Morgan fingerprint density at radius 2 is 1.32 bits per heavy atom. The van der Waals surface area contributed by atoms with Crippen LogP contribution in [0.5, 0.6) is 0 Å². The Labute approximate surface area is 277 Å². The van der Waals surface area contributed by atoms with Crippen LogP contribution in [0.1, 0.15) is 20.8 Å². The minimum absolute atomic E-state index is 0.444. The SMILES string of the molecule is [2H]c1ccccc1-c1nc(N2c3c(c4ccccc4c4sc5ccccc5c34)-c3c(ccc4ccccc34)C2(C)C)nc2ccccc12. The fourth-order valence-corrected chi connectivity index (χ4v) is 9.05. The van der Waals surface area contributed by atoms with Crippen LogP contribution in [0.15, 0.2) is 140 Å². The van der Waals surface area contributed by atoms with Gasteiger partial charge in [0.15, 0.2) is 0 Å². The number of rotatable bonds is 2. The molecule has 0 spiro atoms. The van der Waals surface area contributed by atoms with Crippen LogP contribution in [-0.2, 0) is 5.54 Å². The molecule has 0 saturated heterocycles. The van der Waals surface area contributed by atoms with Gasteiger partial charge in [0.1, 0.15) is 0 Å². The van der Waals surface area contributed by atoms with Gasteiger partial charge in [-0.15, -0.1) is 11.3 Å². The van der Waals surface area contributed by atoms with Crippen LogP contribution in [0.4, 0.5) is 11.6 Å². The molecule has 0 amide bonds. The fourth-order valence-electron chi connectivity index (χ4n) is 7.81. The molecule has 47 heavy (non-hydrogen) atoms. The third kappa shape index (κ3) is 3.67. The van der Waals surface area contributed by atoms with Gasteiger partial charge < -0.3 is 0 Å². The zero-order chi connectivity index (χ0) is 32.1. The zero-order valence-electron chi connectivity index (χ0n) is 27.0. The Morgan fingerprint density at radius 1 is 0.617 bits per heavy atom. The molecule has 3 heterocycles. The summed E-state index contributed by atoms with van der Waals surface area (Å²) in [4.78, 5) is 13.2. The number of fused-ring (bicyclic) bond motifs is 13. The van der Waals surface area contributed by atoms with E-state index >= 15 is 0 Å². The van der Waals surface area contributed by atoms with E-state index in [1.807, 2.05) is 47.7 Å². The predicted molar refractivity (Wildman–Crippen MR) is 200 cm³/mol. The van der Waals surface area contributed by atoms with Crippen LogP contribution in [-0.4, -0.2) is 9.97 Å². The van der Waals surface area contributed by atoms with Gasteiger partial charge in [-0.1, -0.05) is 127 Å². The van der Waals surface area contributed by atoms with Crippen molar-refractivity contribution in [2.24, 2.45) is 0 Å². The molecule has 222 valence electrons. The van der Waals surface area contributed by atoms with Crippen molar-refractivity contribution >= 4 is 75.6 Å². The monoisotopic (exact) mass is 620 g/mol. The lowest BCUT2D eigenvalue weighted by atomic mass is 9.76. The van der Waals surface area contributed by atoms with Crippen LogP contribution in [0.2, 0.25) is 0 Å². The predicted octanol–water partition coefficient (Wildman–Crippen LogP) is 12.0. The van der Waals surface area contributed by atoms with Gasteiger partial charge in [0, 0.05) is 42.1 Å². The first-order chi connectivity index (χ1) is 23.5. The molecule has 0 unspecified atom stereocenters. The highest BCUT2D eigenvalue weighted by Crippen LogP contribution is 2.59. The van der Waals surface area contributed by atoms with E-state index in [2.05, 4.69) is 116 Å². The van der Waals surface area contributed by atoms with Gasteiger partial charge in [0.25, 0.3) is 0 Å². The van der Waals surface area contributed by atoms with E-state index in [9.17, 15) is 0 Å². The first kappa shape index (κ1) is 25.6. The number of anilines is 2. The number of hydrogen-bond donors (Lipinski definition) is 0. The molecular weight excluding hydrogens is 591 g/mol. The van der Waals surface area contributed by atoms with Crippen molar-refractivity contribution in [2.75, 3.05) is 4.90 Å². The van der Waals surface area contributed by atoms with Crippen LogP contribution in [0.3, 0.4) is 0 Å². The van der Waals surface area contributed by atoms with Crippen molar-refractivity contribution in [1.82, 2.24) is 9.97 Å². The molecule has 1 aliphatic heterocycles. The minimum Gasteiger partial charge on any atom is -0.299 e. The molecule has 3 nitrogen and oxygen atoms in total. The normalized spacial score (nSPS) is 14.2. The molecule has 0 fully saturated rings. The second kappa shape index (κ2) is 9.71. The summed E-state index contributed by atoms with van der Waals surface area (Å²) >= 11 is 1.86. The molecule has 0 radical (unpaired) electrons. The summed E-state index contributed by atoms with van der Waals surface area (Å²) in [7, 11) is 0. The molecule has 0 atom stereocenters. The van der Waals surface area contributed by atoms with Crippen LogP contribution < -0.4 is 4.90 Å². The Bertz CT molecular complexity index is 2800. The highest BCUT2D eigenvalue weighted by atomic mass is 32.1. The number of benzene rings is 7. The average Bonchev–Trinajstić information content (AvgIpc) is 3.51. The van der Waals surface area contributed by atoms with Crippen molar-refractivity contribution < 1.29 is 1.37 Å². The Kier molecular flexibility index (Phi) is 5.29. The Balaban J connectivity index is 1.44. The fraction of sp³-hybridized carbons (Fsp3) is 0.0698. The standard InChI is InChI=1S/C43H29N3S/c1-43(2)33-25-24-26-14-6-7-17-28(26)36(33)37-29-18-8-9-19-30(29)41-38(32-21-11-13-23-35(32)47-41)40(37)46(43)42-44-34-22-12-10-20-31(34)39(45-42)27-15-4-3-5-16-27/h3-25H,1-2H3/i15D. The first-order valence-electron chi connectivity index (χ1n) is 16.5. The molecule has 0 N–H and O–H groups in total. The van der Waals surface area contributed by atoms with Gasteiger partial charge in [-0.3, -0.25) is 4.90 Å². The van der Waals surface area contributed by atoms with E-state index < -0.39 is 5.54 Å². The molecule has 7 aromatic carbocycles. The Hall–Kier alpha value is -5.58. The maximum atomic E-state index is 8.86. The summed E-state index contributed by atoms with van der Waals surface area (Å²) in [5.74, 6) is 0.629. The molecule has 0 aliphatic carbocycles. The summed E-state index contributed by atoms with van der Waals surface area (Å²) in [6.07, 6.45) is 0. The lowest BCUT2D eigenvalue weighted by molar-refractivity contribution is 0.525. The number of nitrogens with zero attached hydrogens (tertiary/aromatic N) is 3. The molecule has 0 saturated carbocycles. The minimum atomic E-state index is -0.537. The largest absolute Gasteiger partial charge is 0.299 e. The molecule has 10 rings (SSSR count). The molecule has 1 aliphatic rings. The highest BCUT2D eigenvalue weighted by Gasteiger charge is 2.43. The van der Waals surface area contributed by atoms with Gasteiger partial charge >= 0.3 is 0 Å². The van der Waals surface area contributed by atoms with E-state index in [0.717, 1.165) is 27.8 Å². The highest BCUT2D eigenvalue weighted by molar-refractivity contribution is 7.26. The van der Waals surface area contributed by atoms with Gasteiger partial charge in [0.2, 0.25) is 5.95 Å². The summed E-state index contributed by atoms with van der Waals surface area (Å²) in [6, 6.07) is 47.3. The van der Waals surface area contributed by atoms with Gasteiger partial charge in [0.05, 0.1) is 23.8 Å². The quantitative estimate of drug-likeness (QED) is 0.193. The van der Waals surface area contributed by atoms with Crippen LogP contribution in [0, 0.1) is 0 Å². The first-order valence-corrected chi connectivity index (χ1v) is 16.8. The molecule has 4 heteroatoms. The van der Waals surface area contributed by atoms with Crippen molar-refractivity contribution in [2.45, 2.75) is 19.4 Å². The van der Waals surface area contributed by atoms with E-state index in [-0.39, 0.29) is 0 Å². The van der Waals surface area contributed by atoms with Gasteiger partial charge in [-0.25, -0.2) is 9.97 Å². The number of thiophene rings is 1. The van der Waals surface area contributed by atoms with Crippen LogP contribution in [0.25, 0.3) is 75.0 Å². The summed E-state index contributed by atoms with van der Waals surface area (Å²) in [5, 5.41) is 8.36. The van der Waals surface area contributed by atoms with Crippen LogP contribution >= 0.6 is 11.3 Å². The van der Waals surface area contributed by atoms with E-state index in [0.29, 0.717) is 12.0 Å². The molecule has 2 aromatic heterocycles. The average molecular weight is 621 g/mol. The van der Waals surface area contributed by atoms with E-state index in [1.54, 1.807) is 0 Å². The number of para-hydroxylation sites is 1. The lowest BCUT2D eigenvalue weighted by Gasteiger charge is -2.46. The van der Waals surface area contributed by atoms with Crippen molar-refractivity contribution in [3.63, 3.8) is 0 Å². The second-order valence-electron chi connectivity index (χ2n) is 12.8. The Morgan fingerprint density at radius 3 is 2.17 bits per heavy atom. The lowest BCUT2D eigenvalue weighted by Crippen LogP contribution is -2.42. The third-order valence-electron chi connectivity index (χ3n) is 9.89. The summed E-state index contributed by atoms with van der Waals surface area (Å²) in [6.45, 7) is 4.60. The zero-order valence-corrected chi connectivity index (χ0v) is 26.8. The maximum absolute atomic E-state index is 8.86. The number of aromatic nitrogens is 2. The topological polar surface area (TPSA) is 29.0 Å². The smallest absolute Gasteiger partial charge is 0.231 e. The number of hydrogen-bond acceptors (Lipinski definition) is 4.